The quantitative estimate of drug-likeness (QED) is 0.754. The molecule has 2 N–H and O–H groups in total. The van der Waals surface area contributed by atoms with E-state index in [1.54, 1.807) is 32.4 Å². The summed E-state index contributed by atoms with van der Waals surface area (Å²) >= 11 is 0. The molecule has 1 unspecified atom stereocenters. The first-order valence-corrected chi connectivity index (χ1v) is 8.05. The Labute approximate surface area is 147 Å². The van der Waals surface area contributed by atoms with Crippen LogP contribution in [0.25, 0.3) is 0 Å². The highest BCUT2D eigenvalue weighted by atomic mass is 19.1. The Morgan fingerprint density at radius 1 is 1.12 bits per heavy atom. The van der Waals surface area contributed by atoms with Crippen LogP contribution in [0, 0.1) is 5.82 Å². The van der Waals surface area contributed by atoms with Gasteiger partial charge in [0, 0.05) is 17.7 Å². The molecule has 1 amide bonds. The number of benzene rings is 2. The lowest BCUT2D eigenvalue weighted by atomic mass is 10.2. The molecule has 0 aliphatic carbocycles. The van der Waals surface area contributed by atoms with Crippen molar-refractivity contribution in [1.29, 1.82) is 0 Å². The van der Waals surface area contributed by atoms with Gasteiger partial charge in [0.2, 0.25) is 0 Å². The van der Waals surface area contributed by atoms with Gasteiger partial charge in [0.05, 0.1) is 21.3 Å². The van der Waals surface area contributed by atoms with E-state index in [1.807, 2.05) is 25.2 Å². The van der Waals surface area contributed by atoms with Gasteiger partial charge in [-0.15, -0.1) is 0 Å². The molecule has 0 aliphatic rings. The Kier molecular flexibility index (Phi) is 6.77. The lowest BCUT2D eigenvalue weighted by molar-refractivity contribution is -0.885. The van der Waals surface area contributed by atoms with Crippen molar-refractivity contribution in [2.75, 3.05) is 27.8 Å². The van der Waals surface area contributed by atoms with Gasteiger partial charge in [-0.1, -0.05) is 18.2 Å². The molecule has 0 saturated heterocycles. The molecular formula is C19H24FN2O3+. The highest BCUT2D eigenvalue weighted by Gasteiger charge is 2.13. The van der Waals surface area contributed by atoms with E-state index >= 15 is 0 Å². The predicted octanol–water partition coefficient (Wildman–Crippen LogP) is 1.17. The van der Waals surface area contributed by atoms with Crippen LogP contribution >= 0.6 is 0 Å². The van der Waals surface area contributed by atoms with E-state index in [0.717, 1.165) is 10.5 Å². The van der Waals surface area contributed by atoms with Crippen LogP contribution in [0.2, 0.25) is 0 Å². The van der Waals surface area contributed by atoms with Crippen molar-refractivity contribution in [1.82, 2.24) is 5.32 Å². The lowest BCUT2D eigenvalue weighted by Gasteiger charge is -2.15. The molecule has 0 heterocycles. The standard InChI is InChI=1S/C19H23FN2O3/c1-22(12-14-8-9-17(24-2)18(10-14)25-3)13-19(23)21-11-15-6-4-5-7-16(15)20/h4-10H,11-13H2,1-3H3,(H,21,23)/p+1. The van der Waals surface area contributed by atoms with Gasteiger partial charge in [0.15, 0.2) is 18.0 Å². The summed E-state index contributed by atoms with van der Waals surface area (Å²) in [6.07, 6.45) is 0. The van der Waals surface area contributed by atoms with Crippen LogP contribution in [0.5, 0.6) is 11.5 Å². The molecule has 25 heavy (non-hydrogen) atoms. The largest absolute Gasteiger partial charge is 0.493 e. The number of likely N-dealkylation sites (N-methyl/N-ethyl adjacent to an activating group) is 1. The highest BCUT2D eigenvalue weighted by Crippen LogP contribution is 2.27. The molecule has 2 aromatic rings. The number of carbonyl (C=O) groups is 1. The monoisotopic (exact) mass is 347 g/mol. The van der Waals surface area contributed by atoms with E-state index in [2.05, 4.69) is 5.32 Å². The Hall–Kier alpha value is -2.60. The first kappa shape index (κ1) is 18.7. The van der Waals surface area contributed by atoms with E-state index in [4.69, 9.17) is 9.47 Å². The molecule has 1 atom stereocenters. The van der Waals surface area contributed by atoms with Gasteiger partial charge in [-0.25, -0.2) is 4.39 Å². The normalized spacial score (nSPS) is 11.7. The summed E-state index contributed by atoms with van der Waals surface area (Å²) in [6, 6.07) is 12.1. The Morgan fingerprint density at radius 3 is 2.52 bits per heavy atom. The average Bonchev–Trinajstić information content (AvgIpc) is 2.60. The lowest BCUT2D eigenvalue weighted by Crippen LogP contribution is -3.08. The molecule has 0 spiro atoms. The zero-order valence-electron chi connectivity index (χ0n) is 14.8. The number of methoxy groups -OCH3 is 2. The minimum Gasteiger partial charge on any atom is -0.493 e. The van der Waals surface area contributed by atoms with Crippen molar-refractivity contribution < 1.29 is 23.6 Å². The number of quaternary nitrogens is 1. The molecule has 0 aromatic heterocycles. The first-order chi connectivity index (χ1) is 12.0. The van der Waals surface area contributed by atoms with Gasteiger partial charge in [0.25, 0.3) is 5.91 Å². The van der Waals surface area contributed by atoms with Gasteiger partial charge in [-0.05, 0) is 24.3 Å². The molecule has 2 aromatic carbocycles. The minimum atomic E-state index is -0.311. The fourth-order valence-electron chi connectivity index (χ4n) is 2.57. The van der Waals surface area contributed by atoms with Gasteiger partial charge in [0.1, 0.15) is 12.4 Å². The second kappa shape index (κ2) is 9.03. The summed E-state index contributed by atoms with van der Waals surface area (Å²) in [6.45, 7) is 1.14. The molecule has 134 valence electrons. The molecule has 6 heteroatoms. The zero-order chi connectivity index (χ0) is 18.2. The smallest absolute Gasteiger partial charge is 0.275 e. The minimum absolute atomic E-state index is 0.124. The van der Waals surface area contributed by atoms with E-state index in [0.29, 0.717) is 30.2 Å². The number of carbonyl (C=O) groups excluding carboxylic acids is 1. The maximum Gasteiger partial charge on any atom is 0.275 e. The Morgan fingerprint density at radius 2 is 1.84 bits per heavy atom. The summed E-state index contributed by atoms with van der Waals surface area (Å²) in [5.74, 6) is 0.901. The number of hydrogen-bond donors (Lipinski definition) is 2. The fourth-order valence-corrected chi connectivity index (χ4v) is 2.57. The molecular weight excluding hydrogens is 323 g/mol. The summed E-state index contributed by atoms with van der Waals surface area (Å²) in [5.41, 5.74) is 1.52. The third-order valence-electron chi connectivity index (χ3n) is 3.85. The van der Waals surface area contributed by atoms with Crippen LogP contribution in [-0.4, -0.2) is 33.7 Å². The average molecular weight is 347 g/mol. The van der Waals surface area contributed by atoms with E-state index < -0.39 is 0 Å². The van der Waals surface area contributed by atoms with E-state index in [9.17, 15) is 9.18 Å². The second-order valence-electron chi connectivity index (χ2n) is 5.87. The maximum atomic E-state index is 13.5. The topological polar surface area (TPSA) is 52.0 Å². The van der Waals surface area contributed by atoms with Gasteiger partial charge in [-0.3, -0.25) is 4.79 Å². The van der Waals surface area contributed by atoms with Crippen LogP contribution in [0.15, 0.2) is 42.5 Å². The van der Waals surface area contributed by atoms with Gasteiger partial charge < -0.3 is 19.7 Å². The van der Waals surface area contributed by atoms with Crippen molar-refractivity contribution in [3.63, 3.8) is 0 Å². The third kappa shape index (κ3) is 5.46. The number of rotatable bonds is 8. The highest BCUT2D eigenvalue weighted by molar-refractivity contribution is 5.76. The van der Waals surface area contributed by atoms with E-state index in [-0.39, 0.29) is 18.3 Å². The van der Waals surface area contributed by atoms with Crippen LogP contribution in [0.1, 0.15) is 11.1 Å². The summed E-state index contributed by atoms with van der Waals surface area (Å²) in [5, 5.41) is 2.75. The van der Waals surface area contributed by atoms with Gasteiger partial charge in [-0.2, -0.15) is 0 Å². The van der Waals surface area contributed by atoms with E-state index in [1.165, 1.54) is 6.07 Å². The van der Waals surface area contributed by atoms with Crippen LogP contribution in [-0.2, 0) is 17.9 Å². The molecule has 0 saturated carbocycles. The summed E-state index contributed by atoms with van der Waals surface area (Å²) < 4.78 is 24.1. The van der Waals surface area contributed by atoms with Crippen LogP contribution in [0.3, 0.4) is 0 Å². The third-order valence-corrected chi connectivity index (χ3v) is 3.85. The van der Waals surface area contributed by atoms with Gasteiger partial charge >= 0.3 is 0 Å². The predicted molar refractivity (Wildman–Crippen MR) is 93.3 cm³/mol. The Balaban J connectivity index is 1.86. The molecule has 2 rings (SSSR count). The zero-order valence-corrected chi connectivity index (χ0v) is 14.8. The molecule has 0 radical (unpaired) electrons. The number of ether oxygens (including phenoxy) is 2. The number of amides is 1. The van der Waals surface area contributed by atoms with Crippen molar-refractivity contribution >= 4 is 5.91 Å². The molecule has 5 nitrogen and oxygen atoms in total. The number of halogens is 1. The second-order valence-corrected chi connectivity index (χ2v) is 5.87. The van der Waals surface area contributed by atoms with Crippen molar-refractivity contribution in [2.24, 2.45) is 0 Å². The Bertz CT molecular complexity index is 722. The van der Waals surface area contributed by atoms with Crippen molar-refractivity contribution in [2.45, 2.75) is 13.1 Å². The molecule has 0 bridgehead atoms. The first-order valence-electron chi connectivity index (χ1n) is 8.05. The fraction of sp³-hybridized carbons (Fsp3) is 0.316. The van der Waals surface area contributed by atoms with Crippen molar-refractivity contribution in [3.05, 3.63) is 59.4 Å². The van der Waals surface area contributed by atoms with Crippen molar-refractivity contribution in [3.8, 4) is 11.5 Å². The molecule has 0 fully saturated rings. The van der Waals surface area contributed by atoms with Crippen LogP contribution < -0.4 is 19.7 Å². The summed E-state index contributed by atoms with van der Waals surface area (Å²) in [4.78, 5) is 13.1. The number of hydrogen-bond acceptors (Lipinski definition) is 3. The molecule has 0 aliphatic heterocycles. The maximum absolute atomic E-state index is 13.5. The summed E-state index contributed by atoms with van der Waals surface area (Å²) in [7, 11) is 5.11. The van der Waals surface area contributed by atoms with Crippen LogP contribution in [0.4, 0.5) is 4.39 Å². The SMILES string of the molecule is COc1ccc(C[NH+](C)CC(=O)NCc2ccccc2F)cc1OC. The number of nitrogens with one attached hydrogen (secondary N) is 2.